The Balaban J connectivity index is 1.28. The number of thiophene rings is 1. The average Bonchev–Trinajstić information content (AvgIpc) is 3.53. The average molecular weight is 581 g/mol. The van der Waals surface area contributed by atoms with Gasteiger partial charge in [-0.2, -0.15) is 11.3 Å². The molecule has 38 heavy (non-hydrogen) atoms. The zero-order valence-electron chi connectivity index (χ0n) is 21.9. The summed E-state index contributed by atoms with van der Waals surface area (Å²) in [5, 5.41) is 7.45. The maximum atomic E-state index is 13.3. The molecular formula is C27H35Cl2N5O3S. The molecule has 0 aliphatic carbocycles. The van der Waals surface area contributed by atoms with Gasteiger partial charge < -0.3 is 20.0 Å². The number of hydrogen-bond acceptors (Lipinski definition) is 6. The summed E-state index contributed by atoms with van der Waals surface area (Å²) in [7, 11) is 0. The molecule has 1 N–H and O–H groups in total. The fraction of sp³-hybridized carbons (Fsp3) is 0.556. The van der Waals surface area contributed by atoms with Gasteiger partial charge in [0.15, 0.2) is 0 Å². The minimum Gasteiger partial charge on any atom is -0.352 e. The van der Waals surface area contributed by atoms with E-state index in [9.17, 15) is 14.4 Å². The Hall–Kier alpha value is -2.20. The topological polar surface area (TPSA) is 85.8 Å². The molecule has 3 amide bonds. The molecule has 2 aromatic rings. The molecule has 2 fully saturated rings. The Morgan fingerprint density at radius 3 is 2.66 bits per heavy atom. The van der Waals surface area contributed by atoms with Crippen molar-refractivity contribution in [3.63, 3.8) is 0 Å². The number of hydrogen-bond donors (Lipinski definition) is 1. The Bertz CT molecular complexity index is 1110. The molecule has 11 heteroatoms. The van der Waals surface area contributed by atoms with E-state index in [4.69, 9.17) is 23.2 Å². The largest absolute Gasteiger partial charge is 0.352 e. The second kappa shape index (κ2) is 13.2. The molecule has 2 saturated heterocycles. The molecule has 2 aliphatic heterocycles. The van der Waals surface area contributed by atoms with Gasteiger partial charge in [-0.15, -0.1) is 0 Å². The maximum absolute atomic E-state index is 13.3. The van der Waals surface area contributed by atoms with Gasteiger partial charge in [0, 0.05) is 51.2 Å². The molecule has 2 aromatic heterocycles. The standard InChI is InChI=1S/C27H35Cl2N5O3S/c1-18-14-22(28)31-26(29)25(18)27(37)30-9-5-19(2)32-11-6-21(7-12-32)34(15-20-8-13-38-17-20)24(36)16-33-10-3-4-23(33)35/h8,13-14,17,19,21H,3-7,9-12,15-16H2,1-2H3,(H,30,37)/t19-/m1/s1. The van der Waals surface area contributed by atoms with Crippen LogP contribution < -0.4 is 5.32 Å². The monoisotopic (exact) mass is 579 g/mol. The normalized spacial score (nSPS) is 17.6. The molecule has 0 spiro atoms. The van der Waals surface area contributed by atoms with E-state index < -0.39 is 0 Å². The van der Waals surface area contributed by atoms with Crippen LogP contribution in [0.3, 0.4) is 0 Å². The number of amides is 3. The van der Waals surface area contributed by atoms with E-state index >= 15 is 0 Å². The van der Waals surface area contributed by atoms with Gasteiger partial charge in [-0.25, -0.2) is 4.98 Å². The van der Waals surface area contributed by atoms with Crippen LogP contribution in [-0.4, -0.2) is 82.2 Å². The minimum atomic E-state index is -0.248. The number of aromatic nitrogens is 1. The third kappa shape index (κ3) is 7.25. The van der Waals surface area contributed by atoms with Crippen LogP contribution in [0.2, 0.25) is 10.3 Å². The summed E-state index contributed by atoms with van der Waals surface area (Å²) in [6, 6.07) is 4.11. The van der Waals surface area contributed by atoms with E-state index in [0.717, 1.165) is 44.3 Å². The molecule has 0 saturated carbocycles. The first kappa shape index (κ1) is 28.8. The number of carbonyl (C=O) groups is 3. The predicted molar refractivity (Wildman–Crippen MR) is 151 cm³/mol. The lowest BCUT2D eigenvalue weighted by molar-refractivity contribution is -0.141. The number of likely N-dealkylation sites (tertiary alicyclic amines) is 2. The van der Waals surface area contributed by atoms with E-state index in [1.165, 1.54) is 0 Å². The highest BCUT2D eigenvalue weighted by Gasteiger charge is 2.32. The highest BCUT2D eigenvalue weighted by atomic mass is 35.5. The second-order valence-electron chi connectivity index (χ2n) is 10.2. The van der Waals surface area contributed by atoms with Gasteiger partial charge >= 0.3 is 0 Å². The summed E-state index contributed by atoms with van der Waals surface area (Å²) in [6.45, 7) is 7.65. The molecule has 4 heterocycles. The SMILES string of the molecule is Cc1cc(Cl)nc(Cl)c1C(=O)NCC[C@@H](C)N1CCC(N(Cc2ccsc2)C(=O)CN2CCCC2=O)CC1. The van der Waals surface area contributed by atoms with Crippen molar-refractivity contribution >= 4 is 52.3 Å². The number of aryl methyl sites for hydroxylation is 1. The first-order chi connectivity index (χ1) is 18.2. The fourth-order valence-corrected chi connectivity index (χ4v) is 6.57. The van der Waals surface area contributed by atoms with Crippen molar-refractivity contribution < 1.29 is 14.4 Å². The third-order valence-corrected chi connectivity index (χ3v) is 8.73. The molecule has 0 bridgehead atoms. The molecule has 4 rings (SSSR count). The Kier molecular flexibility index (Phi) is 10.0. The highest BCUT2D eigenvalue weighted by Crippen LogP contribution is 2.24. The number of carbonyl (C=O) groups excluding carboxylic acids is 3. The van der Waals surface area contributed by atoms with Gasteiger partial charge in [0.25, 0.3) is 5.91 Å². The zero-order chi connectivity index (χ0) is 27.2. The number of nitrogens with zero attached hydrogens (tertiary/aromatic N) is 4. The first-order valence-electron chi connectivity index (χ1n) is 13.2. The van der Waals surface area contributed by atoms with Crippen molar-refractivity contribution in [1.82, 2.24) is 25.0 Å². The van der Waals surface area contributed by atoms with Crippen LogP contribution in [0.25, 0.3) is 0 Å². The summed E-state index contributed by atoms with van der Waals surface area (Å²) in [6.07, 6.45) is 3.93. The Labute approximate surface area is 238 Å². The second-order valence-corrected chi connectivity index (χ2v) is 11.7. The lowest BCUT2D eigenvalue weighted by atomic mass is 10.00. The van der Waals surface area contributed by atoms with Crippen molar-refractivity contribution in [2.45, 2.75) is 64.6 Å². The van der Waals surface area contributed by atoms with Crippen molar-refractivity contribution in [3.8, 4) is 0 Å². The van der Waals surface area contributed by atoms with Crippen LogP contribution in [-0.2, 0) is 16.1 Å². The molecule has 0 radical (unpaired) electrons. The molecule has 206 valence electrons. The highest BCUT2D eigenvalue weighted by molar-refractivity contribution is 7.07. The molecule has 0 aromatic carbocycles. The Morgan fingerprint density at radius 2 is 2.03 bits per heavy atom. The maximum Gasteiger partial charge on any atom is 0.254 e. The lowest BCUT2D eigenvalue weighted by Gasteiger charge is -2.41. The smallest absolute Gasteiger partial charge is 0.254 e. The molecule has 0 unspecified atom stereocenters. The van der Waals surface area contributed by atoms with Gasteiger partial charge in [-0.1, -0.05) is 23.2 Å². The van der Waals surface area contributed by atoms with Gasteiger partial charge in [0.1, 0.15) is 10.3 Å². The van der Waals surface area contributed by atoms with Crippen molar-refractivity contribution in [3.05, 3.63) is 49.9 Å². The summed E-state index contributed by atoms with van der Waals surface area (Å²) >= 11 is 13.7. The first-order valence-corrected chi connectivity index (χ1v) is 14.9. The summed E-state index contributed by atoms with van der Waals surface area (Å²) < 4.78 is 0. The summed E-state index contributed by atoms with van der Waals surface area (Å²) in [5.74, 6) is -0.137. The zero-order valence-corrected chi connectivity index (χ0v) is 24.2. The number of halogens is 2. The van der Waals surface area contributed by atoms with Crippen LogP contribution in [0.1, 0.15) is 60.5 Å². The van der Waals surface area contributed by atoms with Crippen LogP contribution in [0.5, 0.6) is 0 Å². The van der Waals surface area contributed by atoms with E-state index in [0.29, 0.717) is 37.2 Å². The van der Waals surface area contributed by atoms with Crippen molar-refractivity contribution in [2.24, 2.45) is 0 Å². The Morgan fingerprint density at radius 1 is 1.26 bits per heavy atom. The van der Waals surface area contributed by atoms with Gasteiger partial charge in [0.2, 0.25) is 11.8 Å². The van der Waals surface area contributed by atoms with Crippen LogP contribution in [0.4, 0.5) is 0 Å². The third-order valence-electron chi connectivity index (χ3n) is 7.53. The van der Waals surface area contributed by atoms with Crippen molar-refractivity contribution in [1.29, 1.82) is 0 Å². The van der Waals surface area contributed by atoms with E-state index in [-0.39, 0.29) is 46.7 Å². The molecule has 8 nitrogen and oxygen atoms in total. The number of nitrogens with one attached hydrogen (secondary N) is 1. The lowest BCUT2D eigenvalue weighted by Crippen LogP contribution is -2.51. The number of rotatable bonds is 10. The molecular weight excluding hydrogens is 545 g/mol. The van der Waals surface area contributed by atoms with Crippen LogP contribution >= 0.6 is 34.5 Å². The van der Waals surface area contributed by atoms with E-state index in [2.05, 4.69) is 33.6 Å². The minimum absolute atomic E-state index is 0.0336. The van der Waals surface area contributed by atoms with Crippen LogP contribution in [0, 0.1) is 6.92 Å². The number of pyridine rings is 1. The van der Waals surface area contributed by atoms with E-state index in [1.807, 2.05) is 10.3 Å². The molecule has 2 aliphatic rings. The van der Waals surface area contributed by atoms with E-state index in [1.54, 1.807) is 29.2 Å². The predicted octanol–water partition coefficient (Wildman–Crippen LogP) is 4.38. The van der Waals surface area contributed by atoms with Crippen LogP contribution in [0.15, 0.2) is 22.9 Å². The number of piperidine rings is 1. The van der Waals surface area contributed by atoms with Gasteiger partial charge in [0.05, 0.1) is 12.1 Å². The van der Waals surface area contributed by atoms with Crippen molar-refractivity contribution in [2.75, 3.05) is 32.7 Å². The summed E-state index contributed by atoms with van der Waals surface area (Å²) in [5.41, 5.74) is 2.18. The van der Waals surface area contributed by atoms with Gasteiger partial charge in [-0.05, 0) is 73.6 Å². The molecule has 1 atom stereocenters. The fourth-order valence-electron chi connectivity index (χ4n) is 5.30. The quantitative estimate of drug-likeness (QED) is 0.422. The van der Waals surface area contributed by atoms with Gasteiger partial charge in [-0.3, -0.25) is 14.4 Å². The summed E-state index contributed by atoms with van der Waals surface area (Å²) in [4.78, 5) is 48.2.